The van der Waals surface area contributed by atoms with E-state index in [9.17, 15) is 14.4 Å². The number of imide groups is 1. The van der Waals surface area contributed by atoms with Crippen molar-refractivity contribution in [3.05, 3.63) is 64.7 Å². The number of ether oxygens (including phenoxy) is 1. The SMILES string of the molecule is COc1ccccc1CCN(C)CCCCC(=O)c1ccc2c(c1)C(=O)N(C)C2=O. The summed E-state index contributed by atoms with van der Waals surface area (Å²) < 4.78 is 5.39. The number of hydrogen-bond donors (Lipinski definition) is 0. The fraction of sp³-hybridized carbons (Fsp3) is 0.375. The lowest BCUT2D eigenvalue weighted by Gasteiger charge is -2.17. The molecule has 2 aromatic rings. The van der Waals surface area contributed by atoms with E-state index in [1.165, 1.54) is 12.6 Å². The summed E-state index contributed by atoms with van der Waals surface area (Å²) in [7, 11) is 5.22. The third kappa shape index (κ3) is 4.76. The second-order valence-corrected chi connectivity index (χ2v) is 7.68. The number of fused-ring (bicyclic) bond motifs is 1. The first kappa shape index (κ1) is 21.7. The highest BCUT2D eigenvalue weighted by Crippen LogP contribution is 2.23. The zero-order valence-corrected chi connectivity index (χ0v) is 17.8. The molecule has 6 heteroatoms. The van der Waals surface area contributed by atoms with Gasteiger partial charge in [0.05, 0.1) is 18.2 Å². The van der Waals surface area contributed by atoms with Crippen LogP contribution in [-0.2, 0) is 6.42 Å². The van der Waals surface area contributed by atoms with Crippen molar-refractivity contribution in [1.29, 1.82) is 0 Å². The standard InChI is InChI=1S/C24H28N2O4/c1-25(15-13-17-8-4-5-10-22(17)30-3)14-7-6-9-21(27)18-11-12-19-20(16-18)24(29)26(2)23(19)28/h4-5,8,10-12,16H,6-7,9,13-15H2,1-3H3. The molecule has 3 rings (SSSR count). The van der Waals surface area contributed by atoms with Crippen molar-refractivity contribution in [2.45, 2.75) is 25.7 Å². The van der Waals surface area contributed by atoms with Crippen LogP contribution in [0, 0.1) is 0 Å². The maximum atomic E-state index is 12.5. The fourth-order valence-corrected chi connectivity index (χ4v) is 3.68. The van der Waals surface area contributed by atoms with Crippen molar-refractivity contribution < 1.29 is 19.1 Å². The molecule has 0 N–H and O–H groups in total. The molecule has 0 fully saturated rings. The number of carbonyl (C=O) groups is 3. The van der Waals surface area contributed by atoms with Crippen molar-refractivity contribution >= 4 is 17.6 Å². The van der Waals surface area contributed by atoms with E-state index < -0.39 is 0 Å². The summed E-state index contributed by atoms with van der Waals surface area (Å²) in [6.45, 7) is 1.83. The molecule has 0 radical (unpaired) electrons. The van der Waals surface area contributed by atoms with E-state index in [4.69, 9.17) is 4.74 Å². The summed E-state index contributed by atoms with van der Waals surface area (Å²) in [6.07, 6.45) is 3.04. The summed E-state index contributed by atoms with van der Waals surface area (Å²) in [5.41, 5.74) is 2.38. The minimum Gasteiger partial charge on any atom is -0.496 e. The highest BCUT2D eigenvalue weighted by molar-refractivity contribution is 6.21. The number of Topliss-reactive ketones (excluding diaryl/α,β-unsaturated/α-hetero) is 1. The van der Waals surface area contributed by atoms with Crippen molar-refractivity contribution in [3.8, 4) is 5.75 Å². The molecule has 0 saturated heterocycles. The fourth-order valence-electron chi connectivity index (χ4n) is 3.68. The molecule has 1 aliphatic rings. The predicted octanol–water partition coefficient (Wildman–Crippen LogP) is 3.45. The number of ketones is 1. The number of unbranched alkanes of at least 4 members (excludes halogenated alkanes) is 1. The Kier molecular flexibility index (Phi) is 7.00. The van der Waals surface area contributed by atoms with Crippen LogP contribution >= 0.6 is 0 Å². The van der Waals surface area contributed by atoms with E-state index in [-0.39, 0.29) is 17.6 Å². The van der Waals surface area contributed by atoms with Crippen LogP contribution in [0.15, 0.2) is 42.5 Å². The number of benzene rings is 2. The average molecular weight is 408 g/mol. The number of likely N-dealkylation sites (N-methyl/N-ethyl adjacent to an activating group) is 1. The smallest absolute Gasteiger partial charge is 0.261 e. The second kappa shape index (κ2) is 9.67. The van der Waals surface area contributed by atoms with Gasteiger partial charge in [-0.15, -0.1) is 0 Å². The molecule has 158 valence electrons. The number of rotatable bonds is 10. The molecule has 0 saturated carbocycles. The summed E-state index contributed by atoms with van der Waals surface area (Å²) in [4.78, 5) is 39.9. The molecule has 2 amide bonds. The third-order valence-corrected chi connectivity index (χ3v) is 5.56. The van der Waals surface area contributed by atoms with Gasteiger partial charge in [0, 0.05) is 25.6 Å². The van der Waals surface area contributed by atoms with Crippen molar-refractivity contribution in [2.24, 2.45) is 0 Å². The lowest BCUT2D eigenvalue weighted by molar-refractivity contribution is 0.0693. The van der Waals surface area contributed by atoms with Gasteiger partial charge in [0.1, 0.15) is 5.75 Å². The molecule has 1 heterocycles. The monoisotopic (exact) mass is 408 g/mol. The van der Waals surface area contributed by atoms with Crippen LogP contribution in [0.1, 0.15) is 55.9 Å². The van der Waals surface area contributed by atoms with Gasteiger partial charge in [-0.05, 0) is 56.6 Å². The van der Waals surface area contributed by atoms with Crippen LogP contribution in [0.3, 0.4) is 0 Å². The number of nitrogens with zero attached hydrogens (tertiary/aromatic N) is 2. The largest absolute Gasteiger partial charge is 0.496 e. The Morgan fingerprint density at radius 1 is 1.00 bits per heavy atom. The maximum absolute atomic E-state index is 12.5. The number of para-hydroxylation sites is 1. The van der Waals surface area contributed by atoms with E-state index in [2.05, 4.69) is 18.0 Å². The molecule has 6 nitrogen and oxygen atoms in total. The Labute approximate surface area is 177 Å². The lowest BCUT2D eigenvalue weighted by Crippen LogP contribution is -2.24. The van der Waals surface area contributed by atoms with Gasteiger partial charge in [0.25, 0.3) is 11.8 Å². The van der Waals surface area contributed by atoms with Gasteiger partial charge >= 0.3 is 0 Å². The van der Waals surface area contributed by atoms with Gasteiger partial charge in [0.2, 0.25) is 0 Å². The zero-order valence-electron chi connectivity index (χ0n) is 17.8. The molecule has 0 atom stereocenters. The molecule has 30 heavy (non-hydrogen) atoms. The molecule has 0 aliphatic carbocycles. The van der Waals surface area contributed by atoms with Crippen LogP contribution in [0.5, 0.6) is 5.75 Å². The number of amides is 2. The normalized spacial score (nSPS) is 13.1. The van der Waals surface area contributed by atoms with E-state index in [0.29, 0.717) is 23.1 Å². The summed E-state index contributed by atoms with van der Waals surface area (Å²) in [5.74, 6) is 0.257. The molecule has 0 unspecified atom stereocenters. The van der Waals surface area contributed by atoms with E-state index in [1.807, 2.05) is 18.2 Å². The Hall–Kier alpha value is -2.99. The van der Waals surface area contributed by atoms with Gasteiger partial charge < -0.3 is 9.64 Å². The van der Waals surface area contributed by atoms with Gasteiger partial charge in [-0.1, -0.05) is 24.3 Å². The van der Waals surface area contributed by atoms with Crippen LogP contribution in [0.4, 0.5) is 0 Å². The molecular formula is C24H28N2O4. The Balaban J connectivity index is 1.43. The molecule has 0 aromatic heterocycles. The van der Waals surface area contributed by atoms with Crippen LogP contribution in [0.25, 0.3) is 0 Å². The first-order valence-corrected chi connectivity index (χ1v) is 10.2. The van der Waals surface area contributed by atoms with E-state index in [0.717, 1.165) is 43.0 Å². The van der Waals surface area contributed by atoms with Gasteiger partial charge in [0.15, 0.2) is 5.78 Å². The molecule has 0 spiro atoms. The first-order chi connectivity index (χ1) is 14.4. The van der Waals surface area contributed by atoms with Crippen molar-refractivity contribution in [3.63, 3.8) is 0 Å². The molecule has 0 bridgehead atoms. The molecule has 2 aromatic carbocycles. The van der Waals surface area contributed by atoms with Crippen LogP contribution in [-0.4, -0.2) is 61.7 Å². The topological polar surface area (TPSA) is 66.9 Å². The minimum atomic E-state index is -0.346. The van der Waals surface area contributed by atoms with E-state index >= 15 is 0 Å². The summed E-state index contributed by atoms with van der Waals surface area (Å²) >= 11 is 0. The predicted molar refractivity (Wildman–Crippen MR) is 115 cm³/mol. The Morgan fingerprint density at radius 2 is 1.73 bits per heavy atom. The maximum Gasteiger partial charge on any atom is 0.261 e. The van der Waals surface area contributed by atoms with Crippen molar-refractivity contribution in [1.82, 2.24) is 9.80 Å². The van der Waals surface area contributed by atoms with Crippen LogP contribution < -0.4 is 4.74 Å². The number of carbonyl (C=O) groups excluding carboxylic acids is 3. The second-order valence-electron chi connectivity index (χ2n) is 7.68. The van der Waals surface area contributed by atoms with E-state index in [1.54, 1.807) is 25.3 Å². The van der Waals surface area contributed by atoms with Gasteiger partial charge in [-0.25, -0.2) is 0 Å². The summed E-state index contributed by atoms with van der Waals surface area (Å²) in [6, 6.07) is 12.8. The quantitative estimate of drug-likeness (QED) is 0.342. The van der Waals surface area contributed by atoms with Crippen LogP contribution in [0.2, 0.25) is 0 Å². The lowest BCUT2D eigenvalue weighted by atomic mass is 10.0. The molecular weight excluding hydrogens is 380 g/mol. The first-order valence-electron chi connectivity index (χ1n) is 10.2. The van der Waals surface area contributed by atoms with Crippen molar-refractivity contribution in [2.75, 3.05) is 34.3 Å². The Bertz CT molecular complexity index is 954. The molecule has 1 aliphatic heterocycles. The van der Waals surface area contributed by atoms with Gasteiger partial charge in [-0.3, -0.25) is 19.3 Å². The summed E-state index contributed by atoms with van der Waals surface area (Å²) in [5, 5.41) is 0. The highest BCUT2D eigenvalue weighted by Gasteiger charge is 2.33. The number of methoxy groups -OCH3 is 1. The number of hydrogen-bond acceptors (Lipinski definition) is 5. The average Bonchev–Trinajstić information content (AvgIpc) is 2.98. The minimum absolute atomic E-state index is 0.00396. The highest BCUT2D eigenvalue weighted by atomic mass is 16.5. The third-order valence-electron chi connectivity index (χ3n) is 5.56. The van der Waals surface area contributed by atoms with Gasteiger partial charge in [-0.2, -0.15) is 0 Å². The zero-order chi connectivity index (χ0) is 21.7. The Morgan fingerprint density at radius 3 is 2.50 bits per heavy atom.